The van der Waals surface area contributed by atoms with E-state index in [1.807, 2.05) is 54.9 Å². The molecule has 0 N–H and O–H groups in total. The second-order valence-corrected chi connectivity index (χ2v) is 8.17. The first-order valence-electron chi connectivity index (χ1n) is 10.9. The molecule has 0 radical (unpaired) electrons. The Hall–Kier alpha value is -4.32. The van der Waals surface area contributed by atoms with Gasteiger partial charge < -0.3 is 14.5 Å². The van der Waals surface area contributed by atoms with Crippen molar-refractivity contribution in [1.82, 2.24) is 9.99 Å². The summed E-state index contributed by atoms with van der Waals surface area (Å²) >= 11 is 0. The monoisotopic (exact) mass is 433 g/mol. The number of anilines is 4. The van der Waals surface area contributed by atoms with Crippen LogP contribution in [0.4, 0.5) is 22.7 Å². The Morgan fingerprint density at radius 3 is 2.58 bits per heavy atom. The van der Waals surface area contributed by atoms with Crippen LogP contribution < -0.4 is 14.5 Å². The molecule has 0 bridgehead atoms. The third-order valence-electron chi connectivity index (χ3n) is 5.94. The molecule has 162 valence electrons. The minimum Gasteiger partial charge on any atom is -0.487 e. The molecular formula is C27H23N5O. The predicted molar refractivity (Wildman–Crippen MR) is 132 cm³/mol. The van der Waals surface area contributed by atoms with Crippen molar-refractivity contribution in [3.8, 4) is 17.0 Å². The van der Waals surface area contributed by atoms with E-state index in [1.54, 1.807) is 0 Å². The van der Waals surface area contributed by atoms with Gasteiger partial charge in [0.2, 0.25) is 0 Å². The van der Waals surface area contributed by atoms with E-state index in [-0.39, 0.29) is 0 Å². The van der Waals surface area contributed by atoms with Crippen LogP contribution in [-0.2, 0) is 6.61 Å². The van der Waals surface area contributed by atoms with Crippen molar-refractivity contribution >= 4 is 29.1 Å². The highest BCUT2D eigenvalue weighted by Gasteiger charge is 2.25. The molecule has 1 aromatic heterocycles. The zero-order valence-electron chi connectivity index (χ0n) is 18.3. The van der Waals surface area contributed by atoms with Crippen LogP contribution in [0.5, 0.6) is 5.75 Å². The van der Waals surface area contributed by atoms with E-state index in [0.717, 1.165) is 52.0 Å². The van der Waals surface area contributed by atoms with Gasteiger partial charge in [0, 0.05) is 35.7 Å². The van der Waals surface area contributed by atoms with Crippen molar-refractivity contribution < 1.29 is 4.74 Å². The number of nitrogens with zero attached hydrogens (tertiary/aromatic N) is 5. The summed E-state index contributed by atoms with van der Waals surface area (Å²) in [6, 6.07) is 29.2. The standard InChI is InChI=1S/C27H23N5O/c1-30-19-31(18-29-30)22-13-12-21-17-33-27-11-3-2-10-25(27)32(26(21)16-22)23-8-6-7-20(15-23)24-9-4-5-14-28-24/h2-16,18H,17,19H2,1H3. The van der Waals surface area contributed by atoms with Gasteiger partial charge in [0.1, 0.15) is 25.4 Å². The minimum atomic E-state index is 0.511. The summed E-state index contributed by atoms with van der Waals surface area (Å²) < 4.78 is 6.22. The second kappa shape index (κ2) is 7.98. The largest absolute Gasteiger partial charge is 0.487 e. The summed E-state index contributed by atoms with van der Waals surface area (Å²) in [6.07, 6.45) is 3.70. The molecule has 0 aliphatic carbocycles. The van der Waals surface area contributed by atoms with E-state index in [1.165, 1.54) is 0 Å². The van der Waals surface area contributed by atoms with Gasteiger partial charge in [0.25, 0.3) is 0 Å². The van der Waals surface area contributed by atoms with Gasteiger partial charge in [-0.25, -0.2) is 0 Å². The summed E-state index contributed by atoms with van der Waals surface area (Å²) in [5.41, 5.74) is 7.40. The molecule has 6 heteroatoms. The van der Waals surface area contributed by atoms with Crippen molar-refractivity contribution in [2.24, 2.45) is 5.10 Å². The fourth-order valence-corrected chi connectivity index (χ4v) is 4.32. The fraction of sp³-hybridized carbons (Fsp3) is 0.111. The Bertz CT molecular complexity index is 1340. The normalized spacial score (nSPS) is 14.5. The first-order chi connectivity index (χ1) is 16.3. The molecule has 0 saturated carbocycles. The maximum Gasteiger partial charge on any atom is 0.143 e. The third kappa shape index (κ3) is 3.55. The molecule has 0 spiro atoms. The zero-order valence-corrected chi connectivity index (χ0v) is 18.3. The molecule has 6 rings (SSSR count). The Labute approximate surface area is 193 Å². The van der Waals surface area contributed by atoms with Gasteiger partial charge in [-0.15, -0.1) is 0 Å². The van der Waals surface area contributed by atoms with Gasteiger partial charge >= 0.3 is 0 Å². The molecule has 6 nitrogen and oxygen atoms in total. The van der Waals surface area contributed by atoms with Gasteiger partial charge in [-0.2, -0.15) is 5.10 Å². The highest BCUT2D eigenvalue weighted by atomic mass is 16.5. The van der Waals surface area contributed by atoms with Crippen LogP contribution >= 0.6 is 0 Å². The number of aromatic nitrogens is 1. The Kier molecular flexibility index (Phi) is 4.69. The number of benzene rings is 3. The van der Waals surface area contributed by atoms with Gasteiger partial charge in [0.15, 0.2) is 0 Å². The maximum absolute atomic E-state index is 6.22. The number of hydrogen-bond acceptors (Lipinski definition) is 6. The SMILES string of the molecule is CN1CN(c2ccc3c(c2)N(c2cccc(-c4ccccn4)c2)c2ccccc2OC3)C=N1. The smallest absolute Gasteiger partial charge is 0.143 e. The van der Waals surface area contributed by atoms with Crippen LogP contribution in [0.15, 0.2) is 96.2 Å². The molecule has 2 aliphatic heterocycles. The van der Waals surface area contributed by atoms with Crippen molar-refractivity contribution in [3.05, 3.63) is 96.7 Å². The van der Waals surface area contributed by atoms with Gasteiger partial charge in [-0.05, 0) is 48.5 Å². The summed E-state index contributed by atoms with van der Waals surface area (Å²) in [5.74, 6) is 0.862. The summed E-state index contributed by atoms with van der Waals surface area (Å²) in [5, 5.41) is 6.29. The van der Waals surface area contributed by atoms with E-state index in [4.69, 9.17) is 4.74 Å². The first-order valence-corrected chi connectivity index (χ1v) is 10.9. The van der Waals surface area contributed by atoms with Gasteiger partial charge in [-0.3, -0.25) is 9.99 Å². The zero-order chi connectivity index (χ0) is 22.2. The molecule has 0 saturated heterocycles. The van der Waals surface area contributed by atoms with Gasteiger partial charge in [-0.1, -0.05) is 36.4 Å². The lowest BCUT2D eigenvalue weighted by Gasteiger charge is -2.27. The lowest BCUT2D eigenvalue weighted by molar-refractivity contribution is 0.310. The molecule has 0 unspecified atom stereocenters. The third-order valence-corrected chi connectivity index (χ3v) is 5.94. The van der Waals surface area contributed by atoms with E-state index in [2.05, 4.69) is 74.5 Å². The number of ether oxygens (including phenoxy) is 1. The number of fused-ring (bicyclic) bond motifs is 2. The van der Waals surface area contributed by atoms with E-state index in [9.17, 15) is 0 Å². The number of pyridine rings is 1. The van der Waals surface area contributed by atoms with Crippen molar-refractivity contribution in [1.29, 1.82) is 0 Å². The summed E-state index contributed by atoms with van der Waals surface area (Å²) in [4.78, 5) is 8.97. The van der Waals surface area contributed by atoms with Crippen LogP contribution in [0.25, 0.3) is 11.3 Å². The van der Waals surface area contributed by atoms with E-state index in [0.29, 0.717) is 6.61 Å². The second-order valence-electron chi connectivity index (χ2n) is 8.17. The van der Waals surface area contributed by atoms with Crippen molar-refractivity contribution in [2.75, 3.05) is 23.5 Å². The van der Waals surface area contributed by atoms with E-state index >= 15 is 0 Å². The predicted octanol–water partition coefficient (Wildman–Crippen LogP) is 5.76. The van der Waals surface area contributed by atoms with Crippen molar-refractivity contribution in [2.45, 2.75) is 6.61 Å². The van der Waals surface area contributed by atoms with Crippen LogP contribution in [-0.4, -0.2) is 30.0 Å². The highest BCUT2D eigenvalue weighted by Crippen LogP contribution is 2.46. The molecule has 3 heterocycles. The van der Waals surface area contributed by atoms with E-state index < -0.39 is 0 Å². The average Bonchev–Trinajstić information content (AvgIpc) is 3.23. The lowest BCUT2D eigenvalue weighted by Crippen LogP contribution is -2.24. The van der Waals surface area contributed by atoms with Gasteiger partial charge in [0.05, 0.1) is 17.1 Å². The molecule has 33 heavy (non-hydrogen) atoms. The molecule has 3 aromatic carbocycles. The summed E-state index contributed by atoms with van der Waals surface area (Å²) in [7, 11) is 1.97. The van der Waals surface area contributed by atoms with Crippen molar-refractivity contribution in [3.63, 3.8) is 0 Å². The number of hydrogen-bond donors (Lipinski definition) is 0. The number of para-hydroxylation sites is 2. The molecule has 2 aliphatic rings. The minimum absolute atomic E-state index is 0.511. The molecule has 0 amide bonds. The molecule has 4 aromatic rings. The topological polar surface area (TPSA) is 44.2 Å². The first kappa shape index (κ1) is 19.4. The molecular weight excluding hydrogens is 410 g/mol. The average molecular weight is 434 g/mol. The molecule has 0 atom stereocenters. The Morgan fingerprint density at radius 2 is 1.73 bits per heavy atom. The lowest BCUT2D eigenvalue weighted by atomic mass is 10.1. The Morgan fingerprint density at radius 1 is 0.818 bits per heavy atom. The maximum atomic E-state index is 6.22. The number of rotatable bonds is 3. The quantitative estimate of drug-likeness (QED) is 0.411. The fourth-order valence-electron chi connectivity index (χ4n) is 4.32. The van der Waals surface area contributed by atoms with Crippen LogP contribution in [0.3, 0.4) is 0 Å². The highest BCUT2D eigenvalue weighted by molar-refractivity contribution is 5.88. The van der Waals surface area contributed by atoms with Crippen LogP contribution in [0, 0.1) is 0 Å². The summed E-state index contributed by atoms with van der Waals surface area (Å²) in [6.45, 7) is 1.23. The Balaban J connectivity index is 1.52. The van der Waals surface area contributed by atoms with Crippen LogP contribution in [0.1, 0.15) is 5.56 Å². The number of hydrazone groups is 1. The molecule has 0 fully saturated rings. The van der Waals surface area contributed by atoms with Crippen LogP contribution in [0.2, 0.25) is 0 Å².